The molecule has 0 saturated carbocycles. The summed E-state index contributed by atoms with van der Waals surface area (Å²) in [5, 5.41) is 6.69. The van der Waals surface area contributed by atoms with Crippen LogP contribution in [0.2, 0.25) is 5.02 Å². The predicted octanol–water partition coefficient (Wildman–Crippen LogP) is 1.43. The molecule has 102 valence electrons. The van der Waals surface area contributed by atoms with Crippen molar-refractivity contribution in [2.24, 2.45) is 5.73 Å². The first-order valence-electron chi connectivity index (χ1n) is 6.28. The molecule has 0 atom stereocenters. The zero-order valence-electron chi connectivity index (χ0n) is 10.9. The molecule has 0 bridgehead atoms. The molecule has 0 amide bonds. The molecule has 5 nitrogen and oxygen atoms in total. The first kappa shape index (κ1) is 14.6. The number of hydrogen-bond donors (Lipinski definition) is 3. The van der Waals surface area contributed by atoms with Gasteiger partial charge in [-0.3, -0.25) is 0 Å². The fraction of sp³-hybridized carbons (Fsp3) is 0.231. The maximum atomic E-state index is 6.04. The van der Waals surface area contributed by atoms with Crippen molar-refractivity contribution >= 4 is 42.4 Å². The summed E-state index contributed by atoms with van der Waals surface area (Å²) in [4.78, 5) is 8.46. The van der Waals surface area contributed by atoms with E-state index in [0.717, 1.165) is 12.1 Å². The molecule has 2 rings (SSSR count). The highest BCUT2D eigenvalue weighted by atomic mass is 35.5. The lowest BCUT2D eigenvalue weighted by molar-refractivity contribution is 0.869. The highest BCUT2D eigenvalue weighted by molar-refractivity contribution is 6.33. The van der Waals surface area contributed by atoms with Crippen molar-refractivity contribution in [2.45, 2.75) is 6.42 Å². The molecule has 2 radical (unpaired) electrons. The van der Waals surface area contributed by atoms with E-state index in [1.165, 1.54) is 0 Å². The number of nitrogens with two attached hydrogens (primary N) is 1. The van der Waals surface area contributed by atoms with Crippen LogP contribution in [0.5, 0.6) is 0 Å². The average Bonchev–Trinajstić information content (AvgIpc) is 2.45. The predicted molar refractivity (Wildman–Crippen MR) is 84.3 cm³/mol. The van der Waals surface area contributed by atoms with Crippen molar-refractivity contribution in [1.82, 2.24) is 9.97 Å². The van der Waals surface area contributed by atoms with Gasteiger partial charge in [0.05, 0.1) is 6.20 Å². The molecule has 0 fully saturated rings. The Bertz CT molecular complexity index is 561. The van der Waals surface area contributed by atoms with Crippen LogP contribution in [-0.4, -0.2) is 30.9 Å². The van der Waals surface area contributed by atoms with Crippen LogP contribution in [-0.2, 0) is 0 Å². The van der Waals surface area contributed by atoms with Crippen molar-refractivity contribution in [3.8, 4) is 0 Å². The number of rotatable bonds is 6. The summed E-state index contributed by atoms with van der Waals surface area (Å²) in [5.74, 6) is 1.06. The molecule has 20 heavy (non-hydrogen) atoms. The highest BCUT2D eigenvalue weighted by Gasteiger charge is 2.05. The number of nitrogens with zero attached hydrogens (tertiary/aromatic N) is 2. The van der Waals surface area contributed by atoms with Gasteiger partial charge in [-0.15, -0.1) is 0 Å². The van der Waals surface area contributed by atoms with Crippen molar-refractivity contribution in [3.05, 3.63) is 35.5 Å². The van der Waals surface area contributed by atoms with E-state index in [1.54, 1.807) is 18.3 Å². The Morgan fingerprint density at radius 2 is 2.00 bits per heavy atom. The van der Waals surface area contributed by atoms with E-state index < -0.39 is 0 Å². The lowest BCUT2D eigenvalue weighted by Gasteiger charge is -2.09. The van der Waals surface area contributed by atoms with Gasteiger partial charge in [0, 0.05) is 12.2 Å². The van der Waals surface area contributed by atoms with E-state index in [2.05, 4.69) is 20.6 Å². The third kappa shape index (κ3) is 4.11. The molecule has 0 unspecified atom stereocenters. The van der Waals surface area contributed by atoms with Crippen LogP contribution in [0.3, 0.4) is 0 Å². The highest BCUT2D eigenvalue weighted by Crippen LogP contribution is 2.20. The van der Waals surface area contributed by atoms with Gasteiger partial charge in [0.1, 0.15) is 18.7 Å². The lowest BCUT2D eigenvalue weighted by Crippen LogP contribution is -2.10. The Labute approximate surface area is 124 Å². The lowest BCUT2D eigenvalue weighted by atomic mass is 9.96. The third-order valence-corrected chi connectivity index (χ3v) is 2.86. The normalized spacial score (nSPS) is 10.3. The molecule has 0 saturated heterocycles. The molecule has 0 aliphatic carbocycles. The first-order valence-corrected chi connectivity index (χ1v) is 6.66. The summed E-state index contributed by atoms with van der Waals surface area (Å²) in [6, 6.07) is 7.32. The summed E-state index contributed by atoms with van der Waals surface area (Å²) < 4.78 is 0. The molecular formula is C13H15BClN5. The monoisotopic (exact) mass is 287 g/mol. The first-order chi connectivity index (χ1) is 9.69. The molecule has 7 heteroatoms. The summed E-state index contributed by atoms with van der Waals surface area (Å²) in [7, 11) is 5.64. The molecule has 1 aromatic carbocycles. The summed E-state index contributed by atoms with van der Waals surface area (Å²) in [6.45, 7) is 1.33. The number of nitrogens with one attached hydrogen (secondary N) is 2. The van der Waals surface area contributed by atoms with Gasteiger partial charge in [-0.05, 0) is 25.1 Å². The third-order valence-electron chi connectivity index (χ3n) is 2.58. The summed E-state index contributed by atoms with van der Waals surface area (Å²) in [6.07, 6.45) is 2.40. The number of aromatic nitrogens is 2. The molecule has 0 aliphatic rings. The molecule has 1 aromatic heterocycles. The molecule has 1 heterocycles. The van der Waals surface area contributed by atoms with Crippen LogP contribution < -0.4 is 21.8 Å². The van der Waals surface area contributed by atoms with Crippen molar-refractivity contribution in [1.29, 1.82) is 0 Å². The molecule has 0 aliphatic heterocycles. The van der Waals surface area contributed by atoms with Crippen LogP contribution in [0.25, 0.3) is 0 Å². The van der Waals surface area contributed by atoms with Gasteiger partial charge in [-0.25, -0.2) is 4.98 Å². The second kappa shape index (κ2) is 7.12. The maximum Gasteiger partial charge on any atom is 0.229 e. The maximum absolute atomic E-state index is 6.04. The van der Waals surface area contributed by atoms with Crippen LogP contribution in [0, 0.1) is 0 Å². The van der Waals surface area contributed by atoms with E-state index in [0.29, 0.717) is 35.3 Å². The van der Waals surface area contributed by atoms with Gasteiger partial charge in [0.15, 0.2) is 0 Å². The Balaban J connectivity index is 2.08. The van der Waals surface area contributed by atoms with Gasteiger partial charge in [0.2, 0.25) is 5.95 Å². The minimum Gasteiger partial charge on any atom is -0.369 e. The van der Waals surface area contributed by atoms with E-state index in [1.807, 2.05) is 12.1 Å². The van der Waals surface area contributed by atoms with Crippen LogP contribution in [0.15, 0.2) is 30.5 Å². The Kier molecular flexibility index (Phi) is 5.20. The smallest absolute Gasteiger partial charge is 0.229 e. The SMILES string of the molecule is [B]c1ccc(Nc2ncc(Cl)c(NCCCN)n2)cc1. The van der Waals surface area contributed by atoms with Gasteiger partial charge < -0.3 is 16.4 Å². The molecule has 2 aromatic rings. The quantitative estimate of drug-likeness (QED) is 0.553. The van der Waals surface area contributed by atoms with E-state index in [-0.39, 0.29) is 0 Å². The molecule has 0 spiro atoms. The molecular weight excluding hydrogens is 272 g/mol. The van der Waals surface area contributed by atoms with Gasteiger partial charge in [-0.2, -0.15) is 4.98 Å². The Morgan fingerprint density at radius 3 is 2.70 bits per heavy atom. The van der Waals surface area contributed by atoms with Crippen LogP contribution in [0.1, 0.15) is 6.42 Å². The zero-order valence-corrected chi connectivity index (χ0v) is 11.7. The van der Waals surface area contributed by atoms with Crippen LogP contribution in [0.4, 0.5) is 17.5 Å². The Morgan fingerprint density at radius 1 is 1.25 bits per heavy atom. The number of anilines is 3. The Hall–Kier alpha value is -1.79. The number of benzene rings is 1. The zero-order chi connectivity index (χ0) is 14.4. The van der Waals surface area contributed by atoms with Crippen molar-refractivity contribution in [2.75, 3.05) is 23.7 Å². The topological polar surface area (TPSA) is 75.9 Å². The van der Waals surface area contributed by atoms with Gasteiger partial charge in [-0.1, -0.05) is 29.2 Å². The fourth-order valence-electron chi connectivity index (χ4n) is 1.56. The van der Waals surface area contributed by atoms with Gasteiger partial charge >= 0.3 is 0 Å². The second-order valence-corrected chi connectivity index (χ2v) is 4.61. The molecule has 4 N–H and O–H groups in total. The van der Waals surface area contributed by atoms with Crippen LogP contribution >= 0.6 is 11.6 Å². The fourth-order valence-corrected chi connectivity index (χ4v) is 1.71. The van der Waals surface area contributed by atoms with E-state index in [9.17, 15) is 0 Å². The number of hydrogen-bond acceptors (Lipinski definition) is 5. The standard InChI is InChI=1S/C13H15BClN5/c14-9-2-4-10(5-3-9)19-13-18-8-11(15)12(20-13)17-7-1-6-16/h2-5,8H,1,6-7,16H2,(H2,17,18,19,20). The van der Waals surface area contributed by atoms with Crippen molar-refractivity contribution < 1.29 is 0 Å². The summed E-state index contributed by atoms with van der Waals surface area (Å²) in [5.41, 5.74) is 7.01. The minimum absolute atomic E-state index is 0.467. The number of halogens is 1. The van der Waals surface area contributed by atoms with Gasteiger partial charge in [0.25, 0.3) is 0 Å². The largest absolute Gasteiger partial charge is 0.369 e. The van der Waals surface area contributed by atoms with Crippen molar-refractivity contribution in [3.63, 3.8) is 0 Å². The second-order valence-electron chi connectivity index (χ2n) is 4.21. The van der Waals surface area contributed by atoms with E-state index in [4.69, 9.17) is 25.2 Å². The summed E-state index contributed by atoms with van der Waals surface area (Å²) >= 11 is 6.04. The minimum atomic E-state index is 0.467. The van der Waals surface area contributed by atoms with E-state index >= 15 is 0 Å². The average molecular weight is 288 g/mol.